The molecule has 3 nitrogen and oxygen atoms in total. The minimum absolute atomic E-state index is 0.254. The third-order valence-electron chi connectivity index (χ3n) is 4.26. The van der Waals surface area contributed by atoms with Crippen molar-refractivity contribution in [1.82, 2.24) is 0 Å². The number of hydrogen-bond acceptors (Lipinski definition) is 3. The topological polar surface area (TPSA) is 35.5 Å². The first kappa shape index (κ1) is 18.2. The van der Waals surface area contributed by atoms with Crippen molar-refractivity contribution in [1.29, 1.82) is 0 Å². The van der Waals surface area contributed by atoms with Gasteiger partial charge in [0.2, 0.25) is 0 Å². The Balaban J connectivity index is 2.33. The van der Waals surface area contributed by atoms with Gasteiger partial charge < -0.3 is 9.47 Å². The lowest BCUT2D eigenvalue weighted by Gasteiger charge is -2.16. The Morgan fingerprint density at radius 3 is 2.29 bits per heavy atom. The van der Waals surface area contributed by atoms with Gasteiger partial charge in [0.25, 0.3) is 0 Å². The van der Waals surface area contributed by atoms with Gasteiger partial charge in [-0.3, -0.25) is 4.79 Å². The zero-order valence-electron chi connectivity index (χ0n) is 15.2. The smallest absolute Gasteiger partial charge is 0.188 e. The maximum atomic E-state index is 11.0. The Morgan fingerprint density at radius 2 is 1.75 bits per heavy atom. The Labute approximate surface area is 144 Å². The van der Waals surface area contributed by atoms with Crippen molar-refractivity contribution < 1.29 is 14.3 Å². The number of aryl methyl sites for hydroxylation is 2. The van der Waals surface area contributed by atoms with E-state index in [1.54, 1.807) is 7.11 Å². The molecule has 128 valence electrons. The summed E-state index contributed by atoms with van der Waals surface area (Å²) in [6, 6.07) is 10.2. The maximum absolute atomic E-state index is 11.0. The van der Waals surface area contributed by atoms with Crippen molar-refractivity contribution >= 4 is 6.29 Å². The molecule has 0 fully saturated rings. The van der Waals surface area contributed by atoms with Crippen LogP contribution in [0.2, 0.25) is 0 Å². The molecule has 0 heterocycles. The second kappa shape index (κ2) is 8.11. The molecule has 0 aromatic heterocycles. The van der Waals surface area contributed by atoms with Crippen LogP contribution in [0.3, 0.4) is 0 Å². The second-order valence-corrected chi connectivity index (χ2v) is 6.51. The van der Waals surface area contributed by atoms with E-state index < -0.39 is 0 Å². The van der Waals surface area contributed by atoms with E-state index >= 15 is 0 Å². The van der Waals surface area contributed by atoms with E-state index in [0.29, 0.717) is 5.92 Å². The van der Waals surface area contributed by atoms with Crippen molar-refractivity contribution in [2.45, 2.75) is 40.0 Å². The van der Waals surface area contributed by atoms with E-state index in [4.69, 9.17) is 9.47 Å². The number of carbonyl (C=O) groups excluding carboxylic acids is 1. The molecule has 0 aliphatic heterocycles. The van der Waals surface area contributed by atoms with Gasteiger partial charge in [-0.1, -0.05) is 26.0 Å². The number of carbonyl (C=O) groups is 1. The van der Waals surface area contributed by atoms with E-state index in [0.717, 1.165) is 35.1 Å². The van der Waals surface area contributed by atoms with Crippen LogP contribution in [0.25, 0.3) is 0 Å². The fraction of sp³-hybridized carbons (Fsp3) is 0.381. The third kappa shape index (κ3) is 4.24. The first-order valence-electron chi connectivity index (χ1n) is 8.26. The number of methoxy groups -OCH3 is 1. The van der Waals surface area contributed by atoms with Crippen LogP contribution in [0.5, 0.6) is 5.75 Å². The lowest BCUT2D eigenvalue weighted by Crippen LogP contribution is -2.04. The SMILES string of the molecule is COCOc1ccc(Cc2c(C)cc(C=O)cc2C)cc1C(C)C. The Kier molecular flexibility index (Phi) is 6.16. The lowest BCUT2D eigenvalue weighted by atomic mass is 9.92. The quantitative estimate of drug-likeness (QED) is 0.541. The van der Waals surface area contributed by atoms with Crippen molar-refractivity contribution in [2.24, 2.45) is 0 Å². The molecule has 0 aliphatic rings. The molecule has 0 bridgehead atoms. The van der Waals surface area contributed by atoms with Gasteiger partial charge >= 0.3 is 0 Å². The number of rotatable bonds is 7. The number of hydrogen-bond donors (Lipinski definition) is 0. The molecule has 0 spiro atoms. The van der Waals surface area contributed by atoms with Gasteiger partial charge in [-0.2, -0.15) is 0 Å². The summed E-state index contributed by atoms with van der Waals surface area (Å²) in [5.41, 5.74) is 6.75. The largest absolute Gasteiger partial charge is 0.467 e. The van der Waals surface area contributed by atoms with Gasteiger partial charge in [0.15, 0.2) is 6.79 Å². The van der Waals surface area contributed by atoms with Crippen LogP contribution in [0.15, 0.2) is 30.3 Å². The number of aldehydes is 1. The number of benzene rings is 2. The first-order chi connectivity index (χ1) is 11.5. The Hall–Kier alpha value is -2.13. The third-order valence-corrected chi connectivity index (χ3v) is 4.26. The highest BCUT2D eigenvalue weighted by Gasteiger charge is 2.12. The first-order valence-corrected chi connectivity index (χ1v) is 8.26. The van der Waals surface area contributed by atoms with Crippen LogP contribution in [0.1, 0.15) is 57.9 Å². The molecule has 2 rings (SSSR count). The van der Waals surface area contributed by atoms with Crippen molar-refractivity contribution in [3.8, 4) is 5.75 Å². The molecule has 0 atom stereocenters. The highest BCUT2D eigenvalue weighted by atomic mass is 16.7. The van der Waals surface area contributed by atoms with E-state index in [1.165, 1.54) is 16.7 Å². The molecule has 0 N–H and O–H groups in total. The van der Waals surface area contributed by atoms with Gasteiger partial charge in [-0.05, 0) is 72.2 Å². The Bertz CT molecular complexity index is 694. The van der Waals surface area contributed by atoms with Crippen LogP contribution in [-0.4, -0.2) is 20.2 Å². The Morgan fingerprint density at radius 1 is 1.08 bits per heavy atom. The van der Waals surface area contributed by atoms with Crippen molar-refractivity contribution in [2.75, 3.05) is 13.9 Å². The van der Waals surface area contributed by atoms with Crippen LogP contribution in [-0.2, 0) is 11.2 Å². The van der Waals surface area contributed by atoms with Gasteiger partial charge in [0.1, 0.15) is 12.0 Å². The highest BCUT2D eigenvalue weighted by molar-refractivity contribution is 5.76. The van der Waals surface area contributed by atoms with Crippen LogP contribution < -0.4 is 4.74 Å². The molecule has 2 aromatic rings. The molecule has 3 heteroatoms. The molecular formula is C21H26O3. The predicted octanol–water partition coefficient (Wildman–Crippen LogP) is 4.81. The van der Waals surface area contributed by atoms with Crippen LogP contribution in [0, 0.1) is 13.8 Å². The van der Waals surface area contributed by atoms with E-state index in [2.05, 4.69) is 39.8 Å². The van der Waals surface area contributed by atoms with E-state index in [1.807, 2.05) is 18.2 Å². The summed E-state index contributed by atoms with van der Waals surface area (Å²) in [5.74, 6) is 1.25. The standard InChI is InChI=1S/C21H26O3/c1-14(2)19-10-17(6-7-21(19)24-13-23-5)11-20-15(3)8-18(12-22)9-16(20)4/h6-10,12,14H,11,13H2,1-5H3. The molecule has 0 saturated carbocycles. The molecule has 0 saturated heterocycles. The van der Waals surface area contributed by atoms with Gasteiger partial charge in [-0.25, -0.2) is 0 Å². The molecule has 0 aliphatic carbocycles. The summed E-state index contributed by atoms with van der Waals surface area (Å²) in [6.45, 7) is 8.70. The molecule has 0 unspecified atom stereocenters. The fourth-order valence-corrected chi connectivity index (χ4v) is 2.99. The average Bonchev–Trinajstić information content (AvgIpc) is 2.56. The average molecular weight is 326 g/mol. The van der Waals surface area contributed by atoms with Crippen molar-refractivity contribution in [3.63, 3.8) is 0 Å². The summed E-state index contributed by atoms with van der Waals surface area (Å²) in [5, 5.41) is 0. The van der Waals surface area contributed by atoms with Crippen LogP contribution in [0.4, 0.5) is 0 Å². The minimum Gasteiger partial charge on any atom is -0.467 e. The molecule has 0 radical (unpaired) electrons. The summed E-state index contributed by atoms with van der Waals surface area (Å²) in [6.07, 6.45) is 1.75. The van der Waals surface area contributed by atoms with Gasteiger partial charge in [-0.15, -0.1) is 0 Å². The summed E-state index contributed by atoms with van der Waals surface area (Å²) >= 11 is 0. The number of ether oxygens (including phenoxy) is 2. The monoisotopic (exact) mass is 326 g/mol. The summed E-state index contributed by atoms with van der Waals surface area (Å²) < 4.78 is 10.7. The summed E-state index contributed by atoms with van der Waals surface area (Å²) in [7, 11) is 1.62. The van der Waals surface area contributed by atoms with Gasteiger partial charge in [0.05, 0.1) is 0 Å². The second-order valence-electron chi connectivity index (χ2n) is 6.51. The van der Waals surface area contributed by atoms with Gasteiger partial charge in [0, 0.05) is 12.7 Å². The van der Waals surface area contributed by atoms with E-state index in [9.17, 15) is 4.79 Å². The molecule has 0 amide bonds. The molecule has 24 heavy (non-hydrogen) atoms. The zero-order valence-corrected chi connectivity index (χ0v) is 15.2. The summed E-state index contributed by atoms with van der Waals surface area (Å²) in [4.78, 5) is 11.0. The molecule has 2 aromatic carbocycles. The highest BCUT2D eigenvalue weighted by Crippen LogP contribution is 2.29. The molecular weight excluding hydrogens is 300 g/mol. The fourth-order valence-electron chi connectivity index (χ4n) is 2.99. The maximum Gasteiger partial charge on any atom is 0.188 e. The van der Waals surface area contributed by atoms with Crippen molar-refractivity contribution in [3.05, 3.63) is 63.7 Å². The predicted molar refractivity (Wildman–Crippen MR) is 97.1 cm³/mol. The lowest BCUT2D eigenvalue weighted by molar-refractivity contribution is 0.0502. The van der Waals surface area contributed by atoms with E-state index in [-0.39, 0.29) is 6.79 Å². The normalized spacial score (nSPS) is 10.9. The zero-order chi connectivity index (χ0) is 17.7. The minimum atomic E-state index is 0.254. The van der Waals surface area contributed by atoms with Crippen LogP contribution >= 0.6 is 0 Å².